The van der Waals surface area contributed by atoms with Crippen molar-refractivity contribution in [1.29, 1.82) is 0 Å². The number of aryl methyl sites for hydroxylation is 1. The van der Waals surface area contributed by atoms with Crippen LogP contribution >= 0.6 is 11.5 Å². The van der Waals surface area contributed by atoms with Crippen molar-refractivity contribution >= 4 is 40.4 Å². The Morgan fingerprint density at radius 1 is 0.943 bits per heavy atom. The van der Waals surface area contributed by atoms with Crippen LogP contribution < -0.4 is 16.0 Å². The summed E-state index contributed by atoms with van der Waals surface area (Å²) in [7, 11) is 0. The van der Waals surface area contributed by atoms with Crippen molar-refractivity contribution in [1.82, 2.24) is 15.0 Å². The third kappa shape index (κ3) is 5.30. The number of nitrogens with zero attached hydrogens (tertiary/aromatic N) is 1. The van der Waals surface area contributed by atoms with Gasteiger partial charge in [-0.3, -0.25) is 9.59 Å². The van der Waals surface area contributed by atoms with E-state index in [1.807, 2.05) is 48.5 Å². The van der Waals surface area contributed by atoms with Crippen LogP contribution in [0.25, 0.3) is 11.1 Å². The minimum atomic E-state index is -1.21. The first-order chi connectivity index (χ1) is 16.8. The van der Waals surface area contributed by atoms with Crippen molar-refractivity contribution in [2.75, 3.05) is 25.0 Å². The summed E-state index contributed by atoms with van der Waals surface area (Å²) < 4.78 is 9.27. The number of fused-ring (bicyclic) bond motifs is 3. The first kappa shape index (κ1) is 23.9. The number of amides is 3. The fourth-order valence-corrected chi connectivity index (χ4v) is 4.73. The van der Waals surface area contributed by atoms with Crippen molar-refractivity contribution in [3.8, 4) is 11.1 Å². The molecule has 3 aromatic rings. The fourth-order valence-electron chi connectivity index (χ4n) is 3.92. The number of rotatable bonds is 8. The van der Waals surface area contributed by atoms with Gasteiger partial charge in [0.1, 0.15) is 23.7 Å². The summed E-state index contributed by atoms with van der Waals surface area (Å²) in [6, 6.07) is 15.9. The quantitative estimate of drug-likeness (QED) is 0.376. The van der Waals surface area contributed by atoms with Gasteiger partial charge < -0.3 is 25.8 Å². The SMILES string of the molecule is Cc1nsc(NC(=O)CNC(=O)CNC(=O)OCC2c3ccccc3-c3ccccc32)c1C(=O)O. The van der Waals surface area contributed by atoms with Gasteiger partial charge in [0, 0.05) is 5.92 Å². The summed E-state index contributed by atoms with van der Waals surface area (Å²) in [6.07, 6.45) is -0.752. The number of carboxylic acid groups (broad SMARTS) is 1. The zero-order valence-electron chi connectivity index (χ0n) is 18.7. The minimum Gasteiger partial charge on any atom is -0.478 e. The Kier molecular flexibility index (Phi) is 7.06. The molecule has 1 aliphatic carbocycles. The molecule has 35 heavy (non-hydrogen) atoms. The maximum atomic E-state index is 12.2. The molecule has 3 amide bonds. The Balaban J connectivity index is 1.22. The van der Waals surface area contributed by atoms with Gasteiger partial charge in [0.05, 0.1) is 12.2 Å². The van der Waals surface area contributed by atoms with E-state index in [2.05, 4.69) is 20.3 Å². The molecule has 180 valence electrons. The molecule has 2 aromatic carbocycles. The third-order valence-corrected chi connectivity index (χ3v) is 6.37. The van der Waals surface area contributed by atoms with E-state index in [1.54, 1.807) is 0 Å². The maximum absolute atomic E-state index is 12.2. The highest BCUT2D eigenvalue weighted by atomic mass is 32.1. The molecule has 1 aliphatic rings. The standard InChI is InChI=1S/C24H22N4O6S/c1-13-21(23(31)32)22(35-28-13)27-20(30)11-25-19(29)10-26-24(33)34-12-18-16-8-4-2-6-14(16)15-7-3-5-9-17(15)18/h2-9,18H,10-12H2,1H3,(H,25,29)(H,26,33)(H,27,30)(H,31,32). The van der Waals surface area contributed by atoms with E-state index in [9.17, 15) is 24.3 Å². The van der Waals surface area contributed by atoms with Crippen LogP contribution in [0.3, 0.4) is 0 Å². The molecule has 0 bridgehead atoms. The van der Waals surface area contributed by atoms with Gasteiger partial charge in [0.2, 0.25) is 11.8 Å². The molecule has 1 aromatic heterocycles. The normalized spacial score (nSPS) is 11.8. The van der Waals surface area contributed by atoms with E-state index in [0.29, 0.717) is 0 Å². The largest absolute Gasteiger partial charge is 0.478 e. The molecule has 1 heterocycles. The second-order valence-electron chi connectivity index (χ2n) is 7.78. The zero-order valence-corrected chi connectivity index (χ0v) is 19.5. The van der Waals surface area contributed by atoms with Crippen molar-refractivity contribution in [2.45, 2.75) is 12.8 Å². The molecule has 0 atom stereocenters. The van der Waals surface area contributed by atoms with Gasteiger partial charge >= 0.3 is 12.1 Å². The van der Waals surface area contributed by atoms with Crippen LogP contribution in [-0.4, -0.2) is 53.1 Å². The molecule has 4 rings (SSSR count). The lowest BCUT2D eigenvalue weighted by atomic mass is 9.98. The summed E-state index contributed by atoms with van der Waals surface area (Å²) in [6.45, 7) is 0.849. The Morgan fingerprint density at radius 3 is 2.17 bits per heavy atom. The number of hydrogen-bond acceptors (Lipinski definition) is 7. The lowest BCUT2D eigenvalue weighted by Crippen LogP contribution is -2.40. The smallest absolute Gasteiger partial charge is 0.407 e. The molecule has 0 spiro atoms. The highest BCUT2D eigenvalue weighted by molar-refractivity contribution is 7.11. The van der Waals surface area contributed by atoms with Gasteiger partial charge in [-0.25, -0.2) is 9.59 Å². The van der Waals surface area contributed by atoms with Crippen molar-refractivity contribution < 1.29 is 29.0 Å². The number of hydrogen-bond donors (Lipinski definition) is 4. The Hall–Kier alpha value is -4.25. The number of aromatic carboxylic acids is 1. The first-order valence-corrected chi connectivity index (χ1v) is 11.5. The summed E-state index contributed by atoms with van der Waals surface area (Å²) in [5, 5.41) is 16.4. The fraction of sp³-hybridized carbons (Fsp3) is 0.208. The second-order valence-corrected chi connectivity index (χ2v) is 8.55. The molecule has 0 fully saturated rings. The predicted octanol–water partition coefficient (Wildman–Crippen LogP) is 2.74. The number of anilines is 1. The Labute approximate surface area is 204 Å². The molecule has 0 saturated heterocycles. The van der Waals surface area contributed by atoms with Crippen LogP contribution in [-0.2, 0) is 14.3 Å². The van der Waals surface area contributed by atoms with Crippen molar-refractivity contribution in [2.24, 2.45) is 0 Å². The van der Waals surface area contributed by atoms with Crippen LogP contribution in [0.4, 0.5) is 9.80 Å². The van der Waals surface area contributed by atoms with Gasteiger partial charge in [0.15, 0.2) is 0 Å². The average molecular weight is 495 g/mol. The van der Waals surface area contributed by atoms with Gasteiger partial charge in [-0.1, -0.05) is 48.5 Å². The summed E-state index contributed by atoms with van der Waals surface area (Å²) in [4.78, 5) is 47.5. The molecular formula is C24H22N4O6S. The van der Waals surface area contributed by atoms with Gasteiger partial charge in [-0.2, -0.15) is 4.37 Å². The molecule has 11 heteroatoms. The lowest BCUT2D eigenvalue weighted by molar-refractivity contribution is -0.123. The number of aromatic nitrogens is 1. The lowest BCUT2D eigenvalue weighted by Gasteiger charge is -2.14. The van der Waals surface area contributed by atoms with Gasteiger partial charge in [-0.15, -0.1) is 0 Å². The van der Waals surface area contributed by atoms with Crippen LogP contribution in [0.5, 0.6) is 0 Å². The summed E-state index contributed by atoms with van der Waals surface area (Å²) in [5.41, 5.74) is 4.57. The second kappa shape index (κ2) is 10.3. The number of carbonyl (C=O) groups is 4. The van der Waals surface area contributed by atoms with E-state index in [0.717, 1.165) is 33.8 Å². The summed E-state index contributed by atoms with van der Waals surface area (Å²) in [5.74, 6) is -2.53. The number of ether oxygens (including phenoxy) is 1. The molecule has 4 N–H and O–H groups in total. The molecule has 0 unspecified atom stereocenters. The molecule has 0 saturated carbocycles. The number of carbonyl (C=O) groups excluding carboxylic acids is 3. The zero-order chi connectivity index (χ0) is 24.9. The van der Waals surface area contributed by atoms with Crippen molar-refractivity contribution in [3.05, 3.63) is 70.9 Å². The van der Waals surface area contributed by atoms with E-state index in [1.165, 1.54) is 6.92 Å². The van der Waals surface area contributed by atoms with E-state index < -0.39 is 30.4 Å². The average Bonchev–Trinajstić information content (AvgIpc) is 3.37. The van der Waals surface area contributed by atoms with Crippen LogP contribution in [0.1, 0.15) is 33.1 Å². The number of benzene rings is 2. The number of carboxylic acids is 1. The number of nitrogens with one attached hydrogen (secondary N) is 3. The van der Waals surface area contributed by atoms with E-state index >= 15 is 0 Å². The Bertz CT molecular complexity index is 1260. The molecule has 10 nitrogen and oxygen atoms in total. The first-order valence-electron chi connectivity index (χ1n) is 10.7. The van der Waals surface area contributed by atoms with Gasteiger partial charge in [0.25, 0.3) is 0 Å². The van der Waals surface area contributed by atoms with E-state index in [4.69, 9.17) is 4.74 Å². The van der Waals surface area contributed by atoms with Crippen molar-refractivity contribution in [3.63, 3.8) is 0 Å². The van der Waals surface area contributed by atoms with E-state index in [-0.39, 0.29) is 35.3 Å². The topological polar surface area (TPSA) is 147 Å². The molecular weight excluding hydrogens is 472 g/mol. The third-order valence-electron chi connectivity index (χ3n) is 5.51. The van der Waals surface area contributed by atoms with Gasteiger partial charge in [-0.05, 0) is 40.7 Å². The maximum Gasteiger partial charge on any atom is 0.407 e. The molecule has 0 aliphatic heterocycles. The highest BCUT2D eigenvalue weighted by Crippen LogP contribution is 2.44. The molecule has 0 radical (unpaired) electrons. The minimum absolute atomic E-state index is 0.0889. The van der Waals surface area contributed by atoms with Crippen LogP contribution in [0.15, 0.2) is 48.5 Å². The summed E-state index contributed by atoms with van der Waals surface area (Å²) >= 11 is 0.840. The monoisotopic (exact) mass is 494 g/mol. The van der Waals surface area contributed by atoms with Crippen LogP contribution in [0.2, 0.25) is 0 Å². The predicted molar refractivity (Wildman–Crippen MR) is 129 cm³/mol. The number of alkyl carbamates (subject to hydrolysis) is 1. The Morgan fingerprint density at radius 2 is 1.54 bits per heavy atom. The van der Waals surface area contributed by atoms with Crippen LogP contribution in [0, 0.1) is 6.92 Å². The highest BCUT2D eigenvalue weighted by Gasteiger charge is 2.29.